The first-order valence-corrected chi connectivity index (χ1v) is 6.91. The van der Waals surface area contributed by atoms with Gasteiger partial charge in [0.15, 0.2) is 0 Å². The number of nitrogens with one attached hydrogen (secondary N) is 1. The highest BCUT2D eigenvalue weighted by atomic mass is 79.9. The van der Waals surface area contributed by atoms with Crippen LogP contribution in [0.5, 0.6) is 0 Å². The Hall–Kier alpha value is -1.20. The average Bonchev–Trinajstić information content (AvgIpc) is 2.83. The Kier molecular flexibility index (Phi) is 3.91. The first-order chi connectivity index (χ1) is 8.18. The monoisotopic (exact) mass is 310 g/mol. The highest BCUT2D eigenvalue weighted by molar-refractivity contribution is 9.09. The molecule has 1 aromatic carbocycles. The minimum Gasteiger partial charge on any atom is -0.321 e. The van der Waals surface area contributed by atoms with Crippen LogP contribution in [0.3, 0.4) is 0 Å². The van der Waals surface area contributed by atoms with E-state index < -0.39 is 0 Å². The number of benzene rings is 1. The second kappa shape index (κ2) is 5.42. The van der Waals surface area contributed by atoms with Gasteiger partial charge in [0.2, 0.25) is 0 Å². The molecule has 0 radical (unpaired) electrons. The van der Waals surface area contributed by atoms with Gasteiger partial charge in [-0.2, -0.15) is 0 Å². The Morgan fingerprint density at radius 1 is 1.47 bits per heavy atom. The normalized spacial score (nSPS) is 12.1. The quantitative estimate of drug-likeness (QED) is 0.875. The van der Waals surface area contributed by atoms with E-state index >= 15 is 0 Å². The predicted octanol–water partition coefficient (Wildman–Crippen LogP) is 3.85. The van der Waals surface area contributed by atoms with E-state index in [9.17, 15) is 4.79 Å². The Bertz CT molecular complexity index is 511. The van der Waals surface area contributed by atoms with Gasteiger partial charge in [-0.1, -0.05) is 34.1 Å². The molecule has 88 valence electrons. The SMILES string of the molecule is CC(Br)c1ccccc1NC(=O)c1cncs1. The van der Waals surface area contributed by atoms with Crippen molar-refractivity contribution in [2.75, 3.05) is 5.32 Å². The van der Waals surface area contributed by atoms with Crippen molar-refractivity contribution in [3.05, 3.63) is 46.4 Å². The molecule has 0 fully saturated rings. The maximum Gasteiger partial charge on any atom is 0.267 e. The lowest BCUT2D eigenvalue weighted by Crippen LogP contribution is -2.11. The summed E-state index contributed by atoms with van der Waals surface area (Å²) in [4.78, 5) is 16.6. The smallest absolute Gasteiger partial charge is 0.267 e. The van der Waals surface area contributed by atoms with Gasteiger partial charge in [-0.05, 0) is 18.6 Å². The summed E-state index contributed by atoms with van der Waals surface area (Å²) in [6.07, 6.45) is 1.57. The van der Waals surface area contributed by atoms with E-state index in [1.54, 1.807) is 11.7 Å². The van der Waals surface area contributed by atoms with E-state index in [1.807, 2.05) is 31.2 Å². The second-order valence-electron chi connectivity index (χ2n) is 3.52. The number of alkyl halides is 1. The summed E-state index contributed by atoms with van der Waals surface area (Å²) in [6.45, 7) is 2.03. The van der Waals surface area contributed by atoms with Crippen LogP contribution in [0.15, 0.2) is 36.0 Å². The van der Waals surface area contributed by atoms with Crippen LogP contribution < -0.4 is 5.32 Å². The number of anilines is 1. The second-order valence-corrected chi connectivity index (χ2v) is 5.78. The molecular weight excluding hydrogens is 300 g/mol. The largest absolute Gasteiger partial charge is 0.321 e. The topological polar surface area (TPSA) is 42.0 Å². The minimum absolute atomic E-state index is 0.117. The maximum absolute atomic E-state index is 11.9. The van der Waals surface area contributed by atoms with E-state index in [1.165, 1.54) is 11.3 Å². The summed E-state index contributed by atoms with van der Waals surface area (Å²) in [5, 5.41) is 2.90. The van der Waals surface area contributed by atoms with Gasteiger partial charge >= 0.3 is 0 Å². The zero-order valence-electron chi connectivity index (χ0n) is 9.18. The van der Waals surface area contributed by atoms with Crippen LogP contribution in [0.2, 0.25) is 0 Å². The number of para-hydroxylation sites is 1. The van der Waals surface area contributed by atoms with Crippen LogP contribution in [-0.4, -0.2) is 10.9 Å². The van der Waals surface area contributed by atoms with E-state index in [2.05, 4.69) is 26.2 Å². The number of nitrogens with zero attached hydrogens (tertiary/aromatic N) is 1. The Labute approximate surface area is 112 Å². The zero-order chi connectivity index (χ0) is 12.3. The third-order valence-electron chi connectivity index (χ3n) is 2.29. The third-order valence-corrected chi connectivity index (χ3v) is 3.56. The van der Waals surface area contributed by atoms with Crippen LogP contribution in [0.4, 0.5) is 5.69 Å². The third kappa shape index (κ3) is 2.92. The molecule has 1 unspecified atom stereocenters. The average molecular weight is 311 g/mol. The molecule has 0 saturated carbocycles. The first kappa shape index (κ1) is 12.3. The highest BCUT2D eigenvalue weighted by Crippen LogP contribution is 2.29. The fourth-order valence-electron chi connectivity index (χ4n) is 1.47. The number of thiazole rings is 1. The van der Waals surface area contributed by atoms with Crippen molar-refractivity contribution >= 4 is 38.9 Å². The molecular formula is C12H11BrN2OS. The van der Waals surface area contributed by atoms with Crippen molar-refractivity contribution in [1.82, 2.24) is 4.98 Å². The summed E-state index contributed by atoms with van der Waals surface area (Å²) in [6, 6.07) is 7.74. The Morgan fingerprint density at radius 2 is 2.24 bits per heavy atom. The molecule has 2 aromatic rings. The standard InChI is InChI=1S/C12H11BrN2OS/c1-8(13)9-4-2-3-5-10(9)15-12(16)11-6-14-7-17-11/h2-8H,1H3,(H,15,16). The number of carbonyl (C=O) groups is 1. The van der Waals surface area contributed by atoms with E-state index in [4.69, 9.17) is 0 Å². The predicted molar refractivity (Wildman–Crippen MR) is 73.9 cm³/mol. The zero-order valence-corrected chi connectivity index (χ0v) is 11.6. The molecule has 0 bridgehead atoms. The molecule has 1 atom stereocenters. The number of hydrogen-bond donors (Lipinski definition) is 1. The molecule has 17 heavy (non-hydrogen) atoms. The van der Waals surface area contributed by atoms with Crippen molar-refractivity contribution in [2.24, 2.45) is 0 Å². The fourth-order valence-corrected chi connectivity index (χ4v) is 2.38. The lowest BCUT2D eigenvalue weighted by Gasteiger charge is -2.11. The van der Waals surface area contributed by atoms with Crippen LogP contribution in [0.25, 0.3) is 0 Å². The van der Waals surface area contributed by atoms with Crippen LogP contribution in [0, 0.1) is 0 Å². The van der Waals surface area contributed by atoms with Crippen molar-refractivity contribution in [3.8, 4) is 0 Å². The van der Waals surface area contributed by atoms with Gasteiger partial charge in [0.25, 0.3) is 5.91 Å². The maximum atomic E-state index is 11.9. The Balaban J connectivity index is 2.22. The van der Waals surface area contributed by atoms with Gasteiger partial charge in [-0.25, -0.2) is 0 Å². The van der Waals surface area contributed by atoms with Crippen molar-refractivity contribution < 1.29 is 4.79 Å². The Morgan fingerprint density at radius 3 is 2.88 bits per heavy atom. The van der Waals surface area contributed by atoms with Gasteiger partial charge in [0, 0.05) is 10.5 Å². The van der Waals surface area contributed by atoms with Crippen LogP contribution in [-0.2, 0) is 0 Å². The lowest BCUT2D eigenvalue weighted by atomic mass is 10.1. The van der Waals surface area contributed by atoms with Crippen LogP contribution >= 0.6 is 27.3 Å². The molecule has 0 aliphatic carbocycles. The summed E-state index contributed by atoms with van der Waals surface area (Å²) in [5.41, 5.74) is 3.54. The molecule has 0 aliphatic heterocycles. The summed E-state index contributed by atoms with van der Waals surface area (Å²) < 4.78 is 0. The van der Waals surface area contributed by atoms with E-state index in [0.717, 1.165) is 11.3 Å². The number of amides is 1. The molecule has 1 aromatic heterocycles. The van der Waals surface area contributed by atoms with Crippen LogP contribution in [0.1, 0.15) is 27.0 Å². The highest BCUT2D eigenvalue weighted by Gasteiger charge is 2.12. The summed E-state index contributed by atoms with van der Waals surface area (Å²) in [5.74, 6) is -0.117. The molecule has 0 aliphatic rings. The molecule has 0 spiro atoms. The molecule has 1 heterocycles. The molecule has 1 amide bonds. The fraction of sp³-hybridized carbons (Fsp3) is 0.167. The van der Waals surface area contributed by atoms with E-state index in [0.29, 0.717) is 4.88 Å². The number of rotatable bonds is 3. The van der Waals surface area contributed by atoms with Gasteiger partial charge in [0.05, 0.1) is 11.7 Å². The number of aromatic nitrogens is 1. The molecule has 0 saturated heterocycles. The number of carbonyl (C=O) groups excluding carboxylic acids is 1. The molecule has 5 heteroatoms. The molecule has 1 N–H and O–H groups in total. The van der Waals surface area contributed by atoms with Gasteiger partial charge in [0.1, 0.15) is 4.88 Å². The molecule has 3 nitrogen and oxygen atoms in total. The van der Waals surface area contributed by atoms with Crippen molar-refractivity contribution in [1.29, 1.82) is 0 Å². The van der Waals surface area contributed by atoms with Gasteiger partial charge < -0.3 is 5.32 Å². The summed E-state index contributed by atoms with van der Waals surface area (Å²) in [7, 11) is 0. The van der Waals surface area contributed by atoms with Crippen molar-refractivity contribution in [3.63, 3.8) is 0 Å². The van der Waals surface area contributed by atoms with Gasteiger partial charge in [-0.3, -0.25) is 9.78 Å². The minimum atomic E-state index is -0.117. The number of halogens is 1. The van der Waals surface area contributed by atoms with E-state index in [-0.39, 0.29) is 10.7 Å². The summed E-state index contributed by atoms with van der Waals surface area (Å²) >= 11 is 4.84. The lowest BCUT2D eigenvalue weighted by molar-refractivity contribution is 0.103. The molecule has 2 rings (SSSR count). The first-order valence-electron chi connectivity index (χ1n) is 5.11. The van der Waals surface area contributed by atoms with Crippen molar-refractivity contribution in [2.45, 2.75) is 11.8 Å². The van der Waals surface area contributed by atoms with Gasteiger partial charge in [-0.15, -0.1) is 11.3 Å². The number of hydrogen-bond acceptors (Lipinski definition) is 3.